The minimum Gasteiger partial charge on any atom is -0.507 e. The third-order valence-electron chi connectivity index (χ3n) is 13.1. The Balaban J connectivity index is -0.000000158. The molecule has 0 bridgehead atoms. The van der Waals surface area contributed by atoms with Crippen molar-refractivity contribution in [2.75, 3.05) is 6.61 Å². The number of aromatic hydroxyl groups is 3. The number of aryl methyl sites for hydroxylation is 1. The number of alkyl halides is 3. The molecule has 0 spiro atoms. The first-order valence-electron chi connectivity index (χ1n) is 30.3. The Labute approximate surface area is 568 Å². The van der Waals surface area contributed by atoms with E-state index in [0.717, 1.165) is 48.1 Å². The Morgan fingerprint density at radius 1 is 0.404 bits per heavy atom. The minimum absolute atomic E-state index is 0. The van der Waals surface area contributed by atoms with Crippen LogP contribution in [0.25, 0.3) is 10.8 Å². The van der Waals surface area contributed by atoms with Gasteiger partial charge in [-0.05, 0) is 158 Å². The van der Waals surface area contributed by atoms with Gasteiger partial charge in [0.2, 0.25) is 0 Å². The van der Waals surface area contributed by atoms with Crippen LogP contribution >= 0.6 is 0 Å². The van der Waals surface area contributed by atoms with E-state index < -0.39 is 41.0 Å². The van der Waals surface area contributed by atoms with E-state index in [1.807, 2.05) is 48.5 Å². The van der Waals surface area contributed by atoms with Gasteiger partial charge in [0, 0.05) is 73.7 Å². The standard InChI is InChI=1S/C31H14O5.C25H28O4.C23H27F3O3.14H2/c1-3-5-7-9-11-13-17-21-34-26-23-27(35-22-18-14-12-10-8-6-4-2)25-28(24-26)36-31(33)29-19-15-16-20-30(29)32;1-2-3-4-5-6-9-16-28-21-14-15-24(26)23(18-21)25(27)29-22-13-12-19-10-7-8-11-20(19)17-22;1-2-3-4-5-6-7-8-9-17-10-13-19(14-11-17)29-22(28)20-16-18(23(24,25)26)12-15-21(20)27;;;;;;;;;;;;;;/h15-16,19-20,23-25,32H,1-2H3;7-8,10-15,17-18,26H,2-6,9,16H2,1H3;10-16,27H,2-9H2,1H3;14*1H. The molecule has 0 radical (unpaired) electrons. The first kappa shape index (κ1) is 73.0. The molecule has 15 heteroatoms. The van der Waals surface area contributed by atoms with Crippen LogP contribution in [0.4, 0.5) is 13.2 Å². The Hall–Kier alpha value is -11.7. The second kappa shape index (κ2) is 41.6. The van der Waals surface area contributed by atoms with Crippen LogP contribution in [0.5, 0.6) is 51.7 Å². The van der Waals surface area contributed by atoms with Crippen molar-refractivity contribution in [2.24, 2.45) is 0 Å². The van der Waals surface area contributed by atoms with E-state index in [-0.39, 0.29) is 65.6 Å². The zero-order chi connectivity index (χ0) is 67.6. The Bertz CT molecular complexity index is 4190. The molecule has 94 heavy (non-hydrogen) atoms. The molecular formula is C79H97F3O12. The van der Waals surface area contributed by atoms with Gasteiger partial charge in [-0.25, -0.2) is 14.4 Å². The largest absolute Gasteiger partial charge is 0.507 e. The van der Waals surface area contributed by atoms with Gasteiger partial charge in [0.1, 0.15) is 80.6 Å². The highest BCUT2D eigenvalue weighted by Gasteiger charge is 2.32. The first-order chi connectivity index (χ1) is 45.6. The number of esters is 3. The van der Waals surface area contributed by atoms with Crippen LogP contribution < -0.4 is 28.4 Å². The molecule has 0 atom stereocenters. The van der Waals surface area contributed by atoms with Gasteiger partial charge < -0.3 is 43.7 Å². The highest BCUT2D eigenvalue weighted by Crippen LogP contribution is 2.34. The summed E-state index contributed by atoms with van der Waals surface area (Å²) in [6.45, 7) is 8.33. The summed E-state index contributed by atoms with van der Waals surface area (Å²) < 4.78 is 70.8. The molecule has 0 amide bonds. The van der Waals surface area contributed by atoms with Gasteiger partial charge in [0.15, 0.2) is 0 Å². The van der Waals surface area contributed by atoms with E-state index in [1.165, 1.54) is 107 Å². The van der Waals surface area contributed by atoms with Gasteiger partial charge >= 0.3 is 24.1 Å². The first-order valence-corrected chi connectivity index (χ1v) is 30.3. The zero-order valence-corrected chi connectivity index (χ0v) is 52.6. The number of phenols is 3. The average molecular weight is 1300 g/mol. The summed E-state index contributed by atoms with van der Waals surface area (Å²) in [5, 5.41) is 31.7. The summed E-state index contributed by atoms with van der Waals surface area (Å²) in [5.41, 5.74) is -0.350. The molecule has 7 aromatic carbocycles. The Morgan fingerprint density at radius 3 is 1.44 bits per heavy atom. The molecule has 0 unspecified atom stereocenters. The summed E-state index contributed by atoms with van der Waals surface area (Å²) in [5.74, 6) is 33.6. The van der Waals surface area contributed by atoms with Crippen molar-refractivity contribution in [3.8, 4) is 147 Å². The number of unbranched alkanes of at least 4 members (excludes halogenated alkanes) is 11. The fourth-order valence-electron chi connectivity index (χ4n) is 8.41. The second-order valence-corrected chi connectivity index (χ2v) is 20.3. The molecule has 506 valence electrons. The smallest absolute Gasteiger partial charge is 0.416 e. The number of benzene rings is 7. The van der Waals surface area contributed by atoms with Crippen molar-refractivity contribution < 1.29 is 91.3 Å². The van der Waals surface area contributed by atoms with Crippen molar-refractivity contribution in [1.82, 2.24) is 0 Å². The van der Waals surface area contributed by atoms with E-state index >= 15 is 0 Å². The summed E-state index contributed by atoms with van der Waals surface area (Å²) >= 11 is 0. The van der Waals surface area contributed by atoms with E-state index in [1.54, 1.807) is 50.2 Å². The maximum Gasteiger partial charge on any atom is 0.416 e. The van der Waals surface area contributed by atoms with Gasteiger partial charge in [0.25, 0.3) is 0 Å². The molecule has 12 nitrogen and oxygen atoms in total. The van der Waals surface area contributed by atoms with Crippen LogP contribution in [0.3, 0.4) is 0 Å². The fraction of sp³-hybridized carbons (Fsp3) is 0.253. The van der Waals surface area contributed by atoms with Crippen LogP contribution in [-0.2, 0) is 12.6 Å². The van der Waals surface area contributed by atoms with Crippen LogP contribution in [0, 0.1) is 95.1 Å². The average Bonchev–Trinajstić information content (AvgIpc) is 0.822. The van der Waals surface area contributed by atoms with Crippen molar-refractivity contribution >= 4 is 28.7 Å². The predicted molar refractivity (Wildman–Crippen MR) is 386 cm³/mol. The molecule has 3 N–H and O–H groups in total. The van der Waals surface area contributed by atoms with Crippen LogP contribution in [0.15, 0.2) is 146 Å². The monoisotopic (exact) mass is 1290 g/mol. The van der Waals surface area contributed by atoms with Gasteiger partial charge in [-0.15, -0.1) is 0 Å². The number of ether oxygens (including phenoxy) is 6. The molecule has 0 aromatic heterocycles. The van der Waals surface area contributed by atoms with Crippen molar-refractivity contribution in [2.45, 2.75) is 124 Å². The number of hydrogen-bond donors (Lipinski definition) is 3. The SMILES string of the molecule is CC#CC#CC#CC#COc1cc(OC#CC#CC#CC#CC)cc(OC(=O)c2ccccc2O)c1.CCCCCCCCCc1ccc(OC(=O)c2cc(C(F)(F)F)ccc2O)cc1.CCCCCCCCOc1ccc(O)c(C(=O)Oc2ccc3ccccc3c2)c1.[HH].[HH].[HH].[HH].[HH].[HH].[HH].[HH].[HH].[HH].[HH].[HH].[HH].[HH]. The van der Waals surface area contributed by atoms with Crippen LogP contribution in [-0.4, -0.2) is 39.8 Å². The minimum atomic E-state index is -4.61. The maximum atomic E-state index is 12.8. The molecule has 7 aromatic rings. The molecule has 7 rings (SSSR count). The van der Waals surface area contributed by atoms with Crippen molar-refractivity contribution in [3.05, 3.63) is 173 Å². The van der Waals surface area contributed by atoms with E-state index in [0.29, 0.717) is 30.2 Å². The van der Waals surface area contributed by atoms with E-state index in [2.05, 4.69) is 109 Å². The lowest BCUT2D eigenvalue weighted by Crippen LogP contribution is -2.12. The molecule has 0 aliphatic carbocycles. The third kappa shape index (κ3) is 27.6. The van der Waals surface area contributed by atoms with Crippen molar-refractivity contribution in [3.63, 3.8) is 0 Å². The lowest BCUT2D eigenvalue weighted by Gasteiger charge is -2.10. The van der Waals surface area contributed by atoms with Crippen LogP contribution in [0.2, 0.25) is 0 Å². The quantitative estimate of drug-likeness (QED) is 0.0227. The normalized spacial score (nSPS) is 9.65. The summed E-state index contributed by atoms with van der Waals surface area (Å²) in [6, 6.07) is 37.3. The predicted octanol–water partition coefficient (Wildman–Crippen LogP) is 20.2. The molecule has 0 fully saturated rings. The number of halogens is 3. The molecule has 0 aliphatic rings. The number of carbonyl (C=O) groups is 3. The molecule has 0 aliphatic heterocycles. The highest BCUT2D eigenvalue weighted by molar-refractivity contribution is 5.96. The summed E-state index contributed by atoms with van der Waals surface area (Å²) in [6.07, 6.45) is 16.8. The van der Waals surface area contributed by atoms with Gasteiger partial charge in [-0.2, -0.15) is 13.2 Å². The molecular weight excluding hydrogens is 1200 g/mol. The van der Waals surface area contributed by atoms with Crippen molar-refractivity contribution in [1.29, 1.82) is 0 Å². The van der Waals surface area contributed by atoms with E-state index in [4.69, 9.17) is 28.4 Å². The summed E-state index contributed by atoms with van der Waals surface area (Å²) in [4.78, 5) is 37.2. The number of hydrogen-bond acceptors (Lipinski definition) is 12. The number of carbonyl (C=O) groups excluding carboxylic acids is 3. The summed E-state index contributed by atoms with van der Waals surface area (Å²) in [7, 11) is 0. The molecule has 0 saturated carbocycles. The maximum absolute atomic E-state index is 12.8. The van der Waals surface area contributed by atoms with Gasteiger partial charge in [-0.3, -0.25) is 0 Å². The number of rotatable bonds is 24. The lowest BCUT2D eigenvalue weighted by atomic mass is 10.0. The Morgan fingerprint density at radius 2 is 0.851 bits per heavy atom. The highest BCUT2D eigenvalue weighted by atomic mass is 19.4. The van der Waals surface area contributed by atoms with Gasteiger partial charge in [-0.1, -0.05) is 151 Å². The Kier molecular flexibility index (Phi) is 32.3. The number of fused-ring (bicyclic) bond motifs is 1. The fourth-order valence-corrected chi connectivity index (χ4v) is 8.41. The number of phenolic OH excluding ortho intramolecular Hbond substituents is 3. The lowest BCUT2D eigenvalue weighted by molar-refractivity contribution is -0.137. The van der Waals surface area contributed by atoms with Gasteiger partial charge in [0.05, 0.1) is 12.2 Å². The molecule has 0 heterocycles. The van der Waals surface area contributed by atoms with E-state index in [9.17, 15) is 42.9 Å². The zero-order valence-electron chi connectivity index (χ0n) is 52.6. The topological polar surface area (TPSA) is 167 Å². The second-order valence-electron chi connectivity index (χ2n) is 20.3. The van der Waals surface area contributed by atoms with Crippen LogP contribution in [0.1, 0.15) is 173 Å². The molecule has 0 saturated heterocycles. The third-order valence-corrected chi connectivity index (χ3v) is 13.1. The number of para-hydroxylation sites is 1.